The number of aromatic carboxylic acids is 1. The zero-order valence-electron chi connectivity index (χ0n) is 10.8. The van der Waals surface area contributed by atoms with E-state index in [1.165, 1.54) is 4.68 Å². The summed E-state index contributed by atoms with van der Waals surface area (Å²) in [5.74, 6) is -1.56. The van der Waals surface area contributed by atoms with Crippen LogP contribution in [-0.4, -0.2) is 32.0 Å². The monoisotopic (exact) mass is 401 g/mol. The number of carboxylic acid groups (broad SMARTS) is 1. The lowest BCUT2D eigenvalue weighted by Crippen LogP contribution is -2.22. The summed E-state index contributed by atoms with van der Waals surface area (Å²) in [6.07, 6.45) is 0. The summed E-state index contributed by atoms with van der Waals surface area (Å²) >= 11 is 2.10. The van der Waals surface area contributed by atoms with Gasteiger partial charge in [-0.25, -0.2) is 9.48 Å². The molecule has 2 aromatic rings. The number of nitrogens with one attached hydrogen (secondary N) is 1. The van der Waals surface area contributed by atoms with Gasteiger partial charge >= 0.3 is 5.97 Å². The topological polar surface area (TPSA) is 123 Å². The molecule has 0 unspecified atom stereocenters. The molecule has 110 valence electrons. The van der Waals surface area contributed by atoms with E-state index in [0.29, 0.717) is 5.69 Å². The highest BCUT2D eigenvalue weighted by Gasteiger charge is 2.19. The fourth-order valence-electron chi connectivity index (χ4n) is 1.72. The first-order chi connectivity index (χ1) is 10.0. The zero-order valence-corrected chi connectivity index (χ0v) is 12.9. The summed E-state index contributed by atoms with van der Waals surface area (Å²) in [5.41, 5.74) is 6.14. The first-order valence-corrected chi connectivity index (χ1v) is 7.01. The van der Waals surface area contributed by atoms with Crippen molar-refractivity contribution in [1.29, 1.82) is 0 Å². The molecule has 4 N–H and O–H groups in total. The van der Waals surface area contributed by atoms with Gasteiger partial charge < -0.3 is 16.2 Å². The van der Waals surface area contributed by atoms with Crippen molar-refractivity contribution in [2.24, 2.45) is 5.73 Å². The van der Waals surface area contributed by atoms with Crippen LogP contribution in [0.3, 0.4) is 0 Å². The molecule has 1 aromatic carbocycles. The quantitative estimate of drug-likeness (QED) is 0.634. The summed E-state index contributed by atoms with van der Waals surface area (Å²) in [6, 6.07) is 7.30. The number of para-hydroxylation sites is 1. The summed E-state index contributed by atoms with van der Waals surface area (Å²) < 4.78 is 2.08. The normalized spacial score (nSPS) is 10.4. The lowest BCUT2D eigenvalue weighted by molar-refractivity contribution is -0.117. The molecule has 0 aliphatic carbocycles. The lowest BCUT2D eigenvalue weighted by atomic mass is 10.3. The minimum Gasteiger partial charge on any atom is -0.476 e. The van der Waals surface area contributed by atoms with Gasteiger partial charge in [-0.1, -0.05) is 17.3 Å². The van der Waals surface area contributed by atoms with Gasteiger partial charge in [-0.15, -0.1) is 5.10 Å². The highest BCUT2D eigenvalue weighted by molar-refractivity contribution is 14.1. The van der Waals surface area contributed by atoms with Crippen molar-refractivity contribution in [2.45, 2.75) is 13.1 Å². The first kappa shape index (κ1) is 15.4. The van der Waals surface area contributed by atoms with Crippen LogP contribution in [0.15, 0.2) is 24.3 Å². The molecule has 2 rings (SSSR count). The van der Waals surface area contributed by atoms with Crippen LogP contribution in [0.2, 0.25) is 0 Å². The third-order valence-corrected chi connectivity index (χ3v) is 3.62. The summed E-state index contributed by atoms with van der Waals surface area (Å²) in [4.78, 5) is 22.9. The number of hydrogen-bond acceptors (Lipinski definition) is 5. The van der Waals surface area contributed by atoms with E-state index >= 15 is 0 Å². The molecule has 0 spiro atoms. The summed E-state index contributed by atoms with van der Waals surface area (Å²) in [6.45, 7) is -0.220. The number of nitrogens with two attached hydrogens (primary N) is 1. The second-order valence-electron chi connectivity index (χ2n) is 4.08. The third kappa shape index (κ3) is 3.55. The van der Waals surface area contributed by atoms with Gasteiger partial charge in [0, 0.05) is 10.1 Å². The molecule has 0 aliphatic rings. The summed E-state index contributed by atoms with van der Waals surface area (Å²) in [7, 11) is 0. The van der Waals surface area contributed by atoms with Gasteiger partial charge in [0.25, 0.3) is 0 Å². The number of benzene rings is 1. The predicted molar refractivity (Wildman–Crippen MR) is 82.7 cm³/mol. The molecule has 0 atom stereocenters. The Morgan fingerprint density at radius 1 is 1.38 bits per heavy atom. The Kier molecular flexibility index (Phi) is 4.85. The van der Waals surface area contributed by atoms with E-state index in [-0.39, 0.29) is 30.4 Å². The van der Waals surface area contributed by atoms with E-state index in [1.54, 1.807) is 12.1 Å². The van der Waals surface area contributed by atoms with Gasteiger partial charge in [0.05, 0.1) is 11.4 Å². The number of hydrogen-bond donors (Lipinski definition) is 3. The van der Waals surface area contributed by atoms with E-state index < -0.39 is 5.97 Å². The minimum absolute atomic E-state index is 0.0647. The van der Waals surface area contributed by atoms with Crippen LogP contribution in [0.25, 0.3) is 0 Å². The van der Waals surface area contributed by atoms with Crippen molar-refractivity contribution in [3.8, 4) is 0 Å². The van der Waals surface area contributed by atoms with E-state index in [1.807, 2.05) is 12.1 Å². The van der Waals surface area contributed by atoms with Gasteiger partial charge in [0.1, 0.15) is 6.54 Å². The first-order valence-electron chi connectivity index (χ1n) is 5.93. The number of nitrogens with zero attached hydrogens (tertiary/aromatic N) is 3. The van der Waals surface area contributed by atoms with Crippen molar-refractivity contribution >= 4 is 40.2 Å². The van der Waals surface area contributed by atoms with Crippen molar-refractivity contribution in [1.82, 2.24) is 15.0 Å². The van der Waals surface area contributed by atoms with Crippen LogP contribution in [0.5, 0.6) is 0 Å². The number of aromatic nitrogens is 3. The Hall–Kier alpha value is -2.01. The molecule has 0 fully saturated rings. The SMILES string of the molecule is NCc1c(C(=O)O)nnn1CC(=O)Nc1ccccc1I. The number of halogens is 1. The van der Waals surface area contributed by atoms with Crippen molar-refractivity contribution in [3.05, 3.63) is 39.2 Å². The Bertz CT molecular complexity index is 685. The molecule has 1 amide bonds. The Labute approximate surface area is 133 Å². The third-order valence-electron chi connectivity index (χ3n) is 2.67. The summed E-state index contributed by atoms with van der Waals surface area (Å²) in [5, 5.41) is 18.8. The number of carbonyl (C=O) groups is 2. The standard InChI is InChI=1S/C12H12IN5O3/c13-7-3-1-2-4-8(7)15-10(19)6-18-9(5-14)11(12(20)21)16-17-18/h1-4H,5-6,14H2,(H,15,19)(H,20,21). The second-order valence-corrected chi connectivity index (χ2v) is 5.24. The van der Waals surface area contributed by atoms with Crippen molar-refractivity contribution in [2.75, 3.05) is 5.32 Å². The number of carbonyl (C=O) groups excluding carboxylic acids is 1. The molecule has 8 nitrogen and oxygen atoms in total. The van der Waals surface area contributed by atoms with Gasteiger partial charge in [0.15, 0.2) is 5.69 Å². The molecular formula is C12H12IN5O3. The molecule has 1 heterocycles. The number of carboxylic acids is 1. The molecule has 0 bridgehead atoms. The van der Waals surface area contributed by atoms with Crippen LogP contribution in [0.4, 0.5) is 5.69 Å². The van der Waals surface area contributed by atoms with Gasteiger partial charge in [0.2, 0.25) is 5.91 Å². The highest BCUT2D eigenvalue weighted by Crippen LogP contribution is 2.17. The van der Waals surface area contributed by atoms with Crippen LogP contribution >= 0.6 is 22.6 Å². The minimum atomic E-state index is -1.22. The van der Waals surface area contributed by atoms with Crippen molar-refractivity contribution in [3.63, 3.8) is 0 Å². The maximum Gasteiger partial charge on any atom is 0.358 e. The van der Waals surface area contributed by atoms with Gasteiger partial charge in [-0.05, 0) is 34.7 Å². The fourth-order valence-corrected chi connectivity index (χ4v) is 2.24. The van der Waals surface area contributed by atoms with E-state index in [4.69, 9.17) is 10.8 Å². The largest absolute Gasteiger partial charge is 0.476 e. The van der Waals surface area contributed by atoms with Crippen molar-refractivity contribution < 1.29 is 14.7 Å². The van der Waals surface area contributed by atoms with Gasteiger partial charge in [-0.3, -0.25) is 4.79 Å². The number of amides is 1. The Morgan fingerprint density at radius 3 is 2.71 bits per heavy atom. The molecule has 1 aromatic heterocycles. The molecule has 9 heteroatoms. The van der Waals surface area contributed by atoms with E-state index in [2.05, 4.69) is 38.2 Å². The van der Waals surface area contributed by atoms with Crippen LogP contribution in [0, 0.1) is 3.57 Å². The van der Waals surface area contributed by atoms with Crippen LogP contribution in [-0.2, 0) is 17.9 Å². The Morgan fingerprint density at radius 2 is 2.10 bits per heavy atom. The number of anilines is 1. The Balaban J connectivity index is 2.13. The highest BCUT2D eigenvalue weighted by atomic mass is 127. The number of rotatable bonds is 5. The van der Waals surface area contributed by atoms with E-state index in [9.17, 15) is 9.59 Å². The second kappa shape index (κ2) is 6.63. The molecule has 0 aliphatic heterocycles. The van der Waals surface area contributed by atoms with E-state index in [0.717, 1.165) is 3.57 Å². The molecule has 0 saturated carbocycles. The predicted octanol–water partition coefficient (Wildman–Crippen LogP) is 0.678. The molecular weight excluding hydrogens is 389 g/mol. The average molecular weight is 401 g/mol. The van der Waals surface area contributed by atoms with Crippen LogP contribution in [0.1, 0.15) is 16.2 Å². The maximum atomic E-state index is 12.0. The van der Waals surface area contributed by atoms with Crippen LogP contribution < -0.4 is 11.1 Å². The zero-order chi connectivity index (χ0) is 15.4. The maximum absolute atomic E-state index is 12.0. The van der Waals surface area contributed by atoms with Gasteiger partial charge in [-0.2, -0.15) is 0 Å². The average Bonchev–Trinajstić information content (AvgIpc) is 2.84. The smallest absolute Gasteiger partial charge is 0.358 e. The fraction of sp³-hybridized carbons (Fsp3) is 0.167. The molecule has 0 saturated heterocycles. The molecule has 0 radical (unpaired) electrons. The lowest BCUT2D eigenvalue weighted by Gasteiger charge is -2.08. The molecule has 21 heavy (non-hydrogen) atoms.